The lowest BCUT2D eigenvalue weighted by molar-refractivity contribution is -0.140. The molecule has 1 aromatic rings. The number of aromatic hydroxyl groups is 1. The summed E-state index contributed by atoms with van der Waals surface area (Å²) < 4.78 is 10.6. The summed E-state index contributed by atoms with van der Waals surface area (Å²) in [5.74, 6) is -0.0441. The number of esters is 1. The van der Waals surface area contributed by atoms with Crippen molar-refractivity contribution < 1.29 is 19.4 Å². The Balaban J connectivity index is 2.86. The molecule has 0 aromatic heterocycles. The van der Waals surface area contributed by atoms with Crippen LogP contribution in [0.25, 0.3) is 0 Å². The maximum Gasteiger partial charge on any atom is 0.333 e. The maximum absolute atomic E-state index is 11.3. The number of benzene rings is 1. The van der Waals surface area contributed by atoms with Gasteiger partial charge in [0, 0.05) is 5.57 Å². The lowest BCUT2D eigenvalue weighted by atomic mass is 9.78. The van der Waals surface area contributed by atoms with E-state index in [0.717, 1.165) is 16.7 Å². The first-order valence-corrected chi connectivity index (χ1v) is 8.61. The summed E-state index contributed by atoms with van der Waals surface area (Å²) in [5.41, 5.74) is 2.86. The third kappa shape index (κ3) is 6.20. The van der Waals surface area contributed by atoms with Gasteiger partial charge in [0.15, 0.2) is 0 Å². The van der Waals surface area contributed by atoms with Crippen molar-refractivity contribution in [3.63, 3.8) is 0 Å². The van der Waals surface area contributed by atoms with Crippen molar-refractivity contribution in [1.29, 1.82) is 0 Å². The molecule has 1 rings (SSSR count). The van der Waals surface area contributed by atoms with Crippen LogP contribution in [0.5, 0.6) is 5.75 Å². The minimum atomic E-state index is -0.404. The minimum absolute atomic E-state index is 0.170. The van der Waals surface area contributed by atoms with Crippen LogP contribution in [0, 0.1) is 0 Å². The van der Waals surface area contributed by atoms with Crippen molar-refractivity contribution in [2.75, 3.05) is 13.2 Å². The molecule has 1 aromatic carbocycles. The maximum atomic E-state index is 11.3. The van der Waals surface area contributed by atoms with Gasteiger partial charge in [-0.15, -0.1) is 0 Å². The molecule has 0 bridgehead atoms. The second kappa shape index (κ2) is 8.05. The molecule has 0 saturated carbocycles. The Bertz CT molecular complexity index is 595. The Labute approximate surface area is 151 Å². The fourth-order valence-electron chi connectivity index (χ4n) is 2.43. The largest absolute Gasteiger partial charge is 0.507 e. The first-order valence-electron chi connectivity index (χ1n) is 8.61. The Morgan fingerprint density at radius 1 is 1.04 bits per heavy atom. The van der Waals surface area contributed by atoms with E-state index in [1.54, 1.807) is 6.92 Å². The summed E-state index contributed by atoms with van der Waals surface area (Å²) in [5, 5.41) is 10.7. The third-order valence-electron chi connectivity index (χ3n) is 3.86. The molecule has 0 heterocycles. The molecule has 0 atom stereocenters. The first kappa shape index (κ1) is 21.2. The molecule has 0 radical (unpaired) electrons. The third-order valence-corrected chi connectivity index (χ3v) is 3.86. The normalized spacial score (nSPS) is 12.1. The van der Waals surface area contributed by atoms with Crippen LogP contribution in [0.4, 0.5) is 0 Å². The fourth-order valence-corrected chi connectivity index (χ4v) is 2.43. The van der Waals surface area contributed by atoms with Crippen LogP contribution in [0.1, 0.15) is 65.2 Å². The van der Waals surface area contributed by atoms with Crippen LogP contribution in [0.15, 0.2) is 24.3 Å². The smallest absolute Gasteiger partial charge is 0.333 e. The first-order chi connectivity index (χ1) is 11.3. The Hall–Kier alpha value is -1.81. The van der Waals surface area contributed by atoms with Crippen molar-refractivity contribution in [3.05, 3.63) is 41.0 Å². The number of hydrogen-bond acceptors (Lipinski definition) is 4. The molecule has 0 saturated heterocycles. The number of phenols is 1. The van der Waals surface area contributed by atoms with Gasteiger partial charge in [-0.2, -0.15) is 0 Å². The van der Waals surface area contributed by atoms with Crippen molar-refractivity contribution in [1.82, 2.24) is 0 Å². The SMILES string of the molecule is C=C(C)C(=O)OCCOCc1cc(C(C)(C)C)c(O)c(C(C)(C)C)c1. The zero-order valence-electron chi connectivity index (χ0n) is 16.7. The van der Waals surface area contributed by atoms with Gasteiger partial charge in [0.1, 0.15) is 12.4 Å². The van der Waals surface area contributed by atoms with Crippen molar-refractivity contribution in [2.24, 2.45) is 0 Å². The quantitative estimate of drug-likeness (QED) is 0.463. The highest BCUT2D eigenvalue weighted by molar-refractivity contribution is 5.86. The highest BCUT2D eigenvalue weighted by atomic mass is 16.6. The average Bonchev–Trinajstić information content (AvgIpc) is 2.45. The van der Waals surface area contributed by atoms with Crippen LogP contribution in [0.2, 0.25) is 0 Å². The van der Waals surface area contributed by atoms with Crippen molar-refractivity contribution >= 4 is 5.97 Å². The van der Waals surface area contributed by atoms with E-state index in [1.807, 2.05) is 12.1 Å². The van der Waals surface area contributed by atoms with Crippen LogP contribution in [0.3, 0.4) is 0 Å². The molecule has 0 aliphatic heterocycles. The van der Waals surface area contributed by atoms with E-state index in [4.69, 9.17) is 9.47 Å². The number of phenolic OH excluding ortho intramolecular Hbond substituents is 1. The molecule has 4 nitrogen and oxygen atoms in total. The van der Waals surface area contributed by atoms with E-state index < -0.39 is 5.97 Å². The summed E-state index contributed by atoms with van der Waals surface area (Å²) >= 11 is 0. The van der Waals surface area contributed by atoms with E-state index >= 15 is 0 Å². The van der Waals surface area contributed by atoms with Gasteiger partial charge >= 0.3 is 5.97 Å². The number of carbonyl (C=O) groups is 1. The monoisotopic (exact) mass is 348 g/mol. The summed E-state index contributed by atoms with van der Waals surface area (Å²) in [6, 6.07) is 3.98. The Morgan fingerprint density at radius 3 is 1.92 bits per heavy atom. The van der Waals surface area contributed by atoms with Crippen LogP contribution >= 0.6 is 0 Å². The van der Waals surface area contributed by atoms with Gasteiger partial charge in [-0.25, -0.2) is 4.79 Å². The topological polar surface area (TPSA) is 55.8 Å². The molecule has 0 aliphatic carbocycles. The van der Waals surface area contributed by atoms with E-state index in [9.17, 15) is 9.90 Å². The van der Waals surface area contributed by atoms with Crippen LogP contribution in [-0.2, 0) is 31.7 Å². The van der Waals surface area contributed by atoms with Gasteiger partial charge in [0.05, 0.1) is 13.2 Å². The zero-order chi connectivity index (χ0) is 19.4. The lowest BCUT2D eigenvalue weighted by Gasteiger charge is -2.28. The molecule has 0 spiro atoms. The van der Waals surface area contributed by atoms with Crippen LogP contribution < -0.4 is 0 Å². The second-order valence-corrected chi connectivity index (χ2v) is 8.51. The molecule has 1 N–H and O–H groups in total. The van der Waals surface area contributed by atoms with Gasteiger partial charge in [0.2, 0.25) is 0 Å². The standard InChI is InChI=1S/C21H32O4/c1-14(2)19(23)25-10-9-24-13-15-11-16(20(3,4)5)18(22)17(12-15)21(6,7)8/h11-12,22H,1,9-10,13H2,2-8H3. The molecule has 25 heavy (non-hydrogen) atoms. The summed E-state index contributed by atoms with van der Waals surface area (Å²) in [4.78, 5) is 11.3. The second-order valence-electron chi connectivity index (χ2n) is 8.51. The predicted octanol–water partition coefficient (Wildman–Crippen LogP) is 4.62. The number of carbonyl (C=O) groups excluding carboxylic acids is 1. The fraction of sp³-hybridized carbons (Fsp3) is 0.571. The highest BCUT2D eigenvalue weighted by Crippen LogP contribution is 2.39. The van der Waals surface area contributed by atoms with E-state index in [2.05, 4.69) is 48.1 Å². The van der Waals surface area contributed by atoms with Gasteiger partial charge in [0.25, 0.3) is 0 Å². The van der Waals surface area contributed by atoms with E-state index in [1.165, 1.54) is 0 Å². The van der Waals surface area contributed by atoms with Crippen molar-refractivity contribution in [3.8, 4) is 5.75 Å². The lowest BCUT2D eigenvalue weighted by Crippen LogP contribution is -2.18. The van der Waals surface area contributed by atoms with Gasteiger partial charge in [-0.3, -0.25) is 0 Å². The van der Waals surface area contributed by atoms with Crippen LogP contribution in [-0.4, -0.2) is 24.3 Å². The molecule has 4 heteroatoms. The summed E-state index contributed by atoms with van der Waals surface area (Å²) in [7, 11) is 0. The summed E-state index contributed by atoms with van der Waals surface area (Å²) in [6.07, 6.45) is 0. The van der Waals surface area contributed by atoms with Crippen molar-refractivity contribution in [2.45, 2.75) is 65.9 Å². The minimum Gasteiger partial charge on any atom is -0.507 e. The van der Waals surface area contributed by atoms with Gasteiger partial charge < -0.3 is 14.6 Å². The molecule has 0 aliphatic rings. The molecular formula is C21H32O4. The molecule has 0 amide bonds. The molecule has 0 fully saturated rings. The van der Waals surface area contributed by atoms with E-state index in [-0.39, 0.29) is 17.4 Å². The highest BCUT2D eigenvalue weighted by Gasteiger charge is 2.26. The van der Waals surface area contributed by atoms with Gasteiger partial charge in [-0.1, -0.05) is 48.1 Å². The predicted molar refractivity (Wildman–Crippen MR) is 101 cm³/mol. The average molecular weight is 348 g/mol. The Morgan fingerprint density at radius 2 is 1.52 bits per heavy atom. The summed E-state index contributed by atoms with van der Waals surface area (Å²) in [6.45, 7) is 18.5. The number of ether oxygens (including phenoxy) is 2. The zero-order valence-corrected chi connectivity index (χ0v) is 16.7. The molecular weight excluding hydrogens is 316 g/mol. The van der Waals surface area contributed by atoms with Gasteiger partial charge in [-0.05, 0) is 46.6 Å². The molecule has 0 unspecified atom stereocenters. The molecule has 140 valence electrons. The van der Waals surface area contributed by atoms with E-state index in [0.29, 0.717) is 24.5 Å². The Kier molecular flexibility index (Phi) is 6.83. The number of hydrogen-bond donors (Lipinski definition) is 1. The number of rotatable bonds is 6.